The van der Waals surface area contributed by atoms with Crippen molar-refractivity contribution in [1.82, 2.24) is 19.7 Å². The standard InChI is InChI=1S/C10H11BrN4S/c11-9-2-1-8(16-9)5-14-3-4-15-7-12-13-10(15)6-14/h1-2,7H,3-6H2. The molecule has 0 atom stereocenters. The van der Waals surface area contributed by atoms with Crippen LogP contribution in [0.5, 0.6) is 0 Å². The van der Waals surface area contributed by atoms with Gasteiger partial charge in [-0.25, -0.2) is 0 Å². The maximum Gasteiger partial charge on any atom is 0.147 e. The largest absolute Gasteiger partial charge is 0.315 e. The van der Waals surface area contributed by atoms with Crippen LogP contribution >= 0.6 is 27.3 Å². The van der Waals surface area contributed by atoms with Crippen molar-refractivity contribution in [2.75, 3.05) is 6.54 Å². The van der Waals surface area contributed by atoms with Crippen LogP contribution in [0.2, 0.25) is 0 Å². The Bertz CT molecular complexity index is 492. The molecule has 16 heavy (non-hydrogen) atoms. The highest BCUT2D eigenvalue weighted by molar-refractivity contribution is 9.11. The molecule has 0 amide bonds. The molecular weight excluding hydrogens is 288 g/mol. The molecular formula is C10H11BrN4S. The van der Waals surface area contributed by atoms with Gasteiger partial charge in [0.2, 0.25) is 0 Å². The first-order valence-corrected chi connectivity index (χ1v) is 6.75. The van der Waals surface area contributed by atoms with E-state index in [0.29, 0.717) is 0 Å². The van der Waals surface area contributed by atoms with E-state index in [0.717, 1.165) is 32.0 Å². The van der Waals surface area contributed by atoms with E-state index in [1.165, 1.54) is 8.66 Å². The number of aromatic nitrogens is 3. The van der Waals surface area contributed by atoms with Gasteiger partial charge < -0.3 is 4.57 Å². The van der Waals surface area contributed by atoms with Crippen molar-refractivity contribution >= 4 is 27.3 Å². The Morgan fingerprint density at radius 1 is 1.38 bits per heavy atom. The summed E-state index contributed by atoms with van der Waals surface area (Å²) in [7, 11) is 0. The topological polar surface area (TPSA) is 34.0 Å². The lowest BCUT2D eigenvalue weighted by atomic mass is 10.3. The number of halogens is 1. The van der Waals surface area contributed by atoms with Crippen molar-refractivity contribution < 1.29 is 0 Å². The number of thiophene rings is 1. The number of hydrogen-bond acceptors (Lipinski definition) is 4. The Kier molecular flexibility index (Phi) is 2.79. The second-order valence-electron chi connectivity index (χ2n) is 3.86. The molecule has 2 aromatic rings. The highest BCUT2D eigenvalue weighted by Crippen LogP contribution is 2.24. The number of nitrogens with zero attached hydrogens (tertiary/aromatic N) is 4. The van der Waals surface area contributed by atoms with E-state index >= 15 is 0 Å². The predicted molar refractivity (Wildman–Crippen MR) is 66.2 cm³/mol. The minimum Gasteiger partial charge on any atom is -0.315 e. The molecule has 0 aliphatic carbocycles. The molecule has 0 spiro atoms. The lowest BCUT2D eigenvalue weighted by molar-refractivity contribution is 0.210. The van der Waals surface area contributed by atoms with Gasteiger partial charge in [0.05, 0.1) is 10.3 Å². The van der Waals surface area contributed by atoms with Gasteiger partial charge >= 0.3 is 0 Å². The normalized spacial score (nSPS) is 16.3. The maximum absolute atomic E-state index is 4.12. The Morgan fingerprint density at radius 2 is 2.31 bits per heavy atom. The van der Waals surface area contributed by atoms with Gasteiger partial charge in [0.1, 0.15) is 12.2 Å². The monoisotopic (exact) mass is 298 g/mol. The van der Waals surface area contributed by atoms with Crippen LogP contribution in [0.3, 0.4) is 0 Å². The predicted octanol–water partition coefficient (Wildman–Crippen LogP) is 2.12. The van der Waals surface area contributed by atoms with Crippen LogP contribution in [-0.2, 0) is 19.6 Å². The average molecular weight is 299 g/mol. The Labute approximate surface area is 106 Å². The van der Waals surface area contributed by atoms with Crippen LogP contribution in [0.4, 0.5) is 0 Å². The highest BCUT2D eigenvalue weighted by Gasteiger charge is 2.17. The molecule has 4 nitrogen and oxygen atoms in total. The van der Waals surface area contributed by atoms with Crippen LogP contribution in [0.1, 0.15) is 10.7 Å². The quantitative estimate of drug-likeness (QED) is 0.852. The zero-order chi connectivity index (χ0) is 11.0. The number of hydrogen-bond donors (Lipinski definition) is 0. The minimum atomic E-state index is 0.898. The molecule has 0 N–H and O–H groups in total. The van der Waals surface area contributed by atoms with Gasteiger partial charge in [0.15, 0.2) is 0 Å². The van der Waals surface area contributed by atoms with E-state index in [4.69, 9.17) is 0 Å². The summed E-state index contributed by atoms with van der Waals surface area (Å²) in [5.41, 5.74) is 0. The van der Waals surface area contributed by atoms with Gasteiger partial charge in [-0.1, -0.05) is 0 Å². The van der Waals surface area contributed by atoms with Gasteiger partial charge in [-0.05, 0) is 28.1 Å². The van der Waals surface area contributed by atoms with Crippen LogP contribution < -0.4 is 0 Å². The van der Waals surface area contributed by atoms with Crippen molar-refractivity contribution in [2.24, 2.45) is 0 Å². The second kappa shape index (κ2) is 4.27. The van der Waals surface area contributed by atoms with Crippen molar-refractivity contribution in [3.05, 3.63) is 32.9 Å². The van der Waals surface area contributed by atoms with Gasteiger partial charge in [-0.3, -0.25) is 4.90 Å². The Morgan fingerprint density at radius 3 is 3.12 bits per heavy atom. The van der Waals surface area contributed by atoms with Gasteiger partial charge in [-0.2, -0.15) is 0 Å². The molecule has 84 valence electrons. The number of rotatable bonds is 2. The first-order valence-electron chi connectivity index (χ1n) is 5.14. The van der Waals surface area contributed by atoms with E-state index in [9.17, 15) is 0 Å². The third-order valence-electron chi connectivity index (χ3n) is 2.73. The van der Waals surface area contributed by atoms with E-state index in [1.807, 2.05) is 6.33 Å². The first-order chi connectivity index (χ1) is 7.81. The van der Waals surface area contributed by atoms with Crippen molar-refractivity contribution in [1.29, 1.82) is 0 Å². The fourth-order valence-electron chi connectivity index (χ4n) is 1.91. The molecule has 2 aromatic heterocycles. The van der Waals surface area contributed by atoms with Crippen molar-refractivity contribution in [3.63, 3.8) is 0 Å². The van der Waals surface area contributed by atoms with Crippen LogP contribution in [0, 0.1) is 0 Å². The molecule has 0 saturated heterocycles. The van der Waals surface area contributed by atoms with Crippen molar-refractivity contribution in [2.45, 2.75) is 19.6 Å². The molecule has 3 heterocycles. The van der Waals surface area contributed by atoms with E-state index in [2.05, 4.69) is 47.7 Å². The third kappa shape index (κ3) is 2.05. The minimum absolute atomic E-state index is 0.898. The smallest absolute Gasteiger partial charge is 0.147 e. The molecule has 0 bridgehead atoms. The molecule has 0 fully saturated rings. The molecule has 0 saturated carbocycles. The summed E-state index contributed by atoms with van der Waals surface area (Å²) in [5, 5.41) is 8.05. The molecule has 6 heteroatoms. The second-order valence-corrected chi connectivity index (χ2v) is 6.40. The molecule has 0 aromatic carbocycles. The van der Waals surface area contributed by atoms with E-state index in [1.54, 1.807) is 11.3 Å². The summed E-state index contributed by atoms with van der Waals surface area (Å²) < 4.78 is 3.32. The van der Waals surface area contributed by atoms with E-state index < -0.39 is 0 Å². The zero-order valence-electron chi connectivity index (χ0n) is 8.64. The Balaban J connectivity index is 1.70. The summed E-state index contributed by atoms with van der Waals surface area (Å²) in [4.78, 5) is 3.79. The average Bonchev–Trinajstić information content (AvgIpc) is 2.87. The fourth-order valence-corrected chi connectivity index (χ4v) is 3.43. The summed E-state index contributed by atoms with van der Waals surface area (Å²) >= 11 is 5.29. The lowest BCUT2D eigenvalue weighted by Crippen LogP contribution is -2.32. The number of fused-ring (bicyclic) bond motifs is 1. The maximum atomic E-state index is 4.12. The summed E-state index contributed by atoms with van der Waals surface area (Å²) in [6.45, 7) is 3.97. The zero-order valence-corrected chi connectivity index (χ0v) is 11.0. The highest BCUT2D eigenvalue weighted by atomic mass is 79.9. The van der Waals surface area contributed by atoms with E-state index in [-0.39, 0.29) is 0 Å². The Hall–Kier alpha value is -0.720. The first kappa shape index (κ1) is 10.4. The fraction of sp³-hybridized carbons (Fsp3) is 0.400. The molecule has 3 rings (SSSR count). The van der Waals surface area contributed by atoms with Crippen LogP contribution in [0.25, 0.3) is 0 Å². The third-order valence-corrected chi connectivity index (χ3v) is 4.33. The lowest BCUT2D eigenvalue weighted by Gasteiger charge is -2.26. The summed E-state index contributed by atoms with van der Waals surface area (Å²) in [5.74, 6) is 1.07. The van der Waals surface area contributed by atoms with Gasteiger partial charge in [0.25, 0.3) is 0 Å². The van der Waals surface area contributed by atoms with Crippen LogP contribution in [0.15, 0.2) is 22.2 Å². The molecule has 0 unspecified atom stereocenters. The van der Waals surface area contributed by atoms with Gasteiger partial charge in [-0.15, -0.1) is 21.5 Å². The van der Waals surface area contributed by atoms with Crippen molar-refractivity contribution in [3.8, 4) is 0 Å². The molecule has 0 radical (unpaired) electrons. The molecule has 1 aliphatic heterocycles. The SMILES string of the molecule is Brc1ccc(CN2CCn3cnnc3C2)s1. The van der Waals surface area contributed by atoms with Crippen LogP contribution in [-0.4, -0.2) is 26.2 Å². The molecule has 1 aliphatic rings. The summed E-state index contributed by atoms with van der Waals surface area (Å²) in [6, 6.07) is 4.28. The van der Waals surface area contributed by atoms with Gasteiger partial charge in [0, 0.05) is 24.5 Å². The summed E-state index contributed by atoms with van der Waals surface area (Å²) in [6.07, 6.45) is 1.81.